The van der Waals surface area contributed by atoms with Crippen LogP contribution in [0.25, 0.3) is 16.7 Å². The number of allylic oxidation sites excluding steroid dienone is 5. The number of aryl methyl sites for hydroxylation is 3. The first-order valence-electron chi connectivity index (χ1n) is 7.11. The van der Waals surface area contributed by atoms with Gasteiger partial charge in [0.1, 0.15) is 0 Å². The molecule has 0 bridgehead atoms. The Morgan fingerprint density at radius 2 is 1.95 bits per heavy atom. The third-order valence-electron chi connectivity index (χ3n) is 3.55. The molecule has 22 heavy (non-hydrogen) atoms. The highest BCUT2D eigenvalue weighted by Crippen LogP contribution is 2.29. The van der Waals surface area contributed by atoms with Crippen molar-refractivity contribution in [3.63, 3.8) is 0 Å². The average Bonchev–Trinajstić information content (AvgIpc) is 2.80. The molecule has 0 fully saturated rings. The molecule has 4 nitrogen and oxygen atoms in total. The lowest BCUT2D eigenvalue weighted by Gasteiger charge is -2.11. The average molecular weight is 295 g/mol. The van der Waals surface area contributed by atoms with Gasteiger partial charge in [0.15, 0.2) is 0 Å². The molecule has 0 aromatic carbocycles. The molecule has 0 aliphatic carbocycles. The quantitative estimate of drug-likeness (QED) is 0.812. The Morgan fingerprint density at radius 1 is 1.23 bits per heavy atom. The molecule has 2 heterocycles. The van der Waals surface area contributed by atoms with Crippen molar-refractivity contribution in [1.82, 2.24) is 14.3 Å². The normalized spacial score (nSPS) is 12.1. The van der Waals surface area contributed by atoms with Gasteiger partial charge in [-0.15, -0.1) is 0 Å². The summed E-state index contributed by atoms with van der Waals surface area (Å²) >= 11 is 0. The van der Waals surface area contributed by atoms with Gasteiger partial charge in [-0.3, -0.25) is 9.48 Å². The van der Waals surface area contributed by atoms with E-state index in [1.165, 1.54) is 0 Å². The van der Waals surface area contributed by atoms with Crippen molar-refractivity contribution in [2.45, 2.75) is 13.8 Å². The van der Waals surface area contributed by atoms with Crippen LogP contribution in [0.1, 0.15) is 18.2 Å². The summed E-state index contributed by atoms with van der Waals surface area (Å²) in [5.74, 6) is 0. The van der Waals surface area contributed by atoms with Crippen LogP contribution < -0.4 is 5.56 Å². The fourth-order valence-electron chi connectivity index (χ4n) is 2.40. The van der Waals surface area contributed by atoms with Gasteiger partial charge in [-0.2, -0.15) is 5.10 Å². The predicted molar refractivity (Wildman–Crippen MR) is 91.6 cm³/mol. The summed E-state index contributed by atoms with van der Waals surface area (Å²) in [5.41, 5.74) is 4.90. The molecule has 0 radical (unpaired) electrons. The lowest BCUT2D eigenvalue weighted by molar-refractivity contribution is 0.756. The van der Waals surface area contributed by atoms with E-state index in [-0.39, 0.29) is 5.56 Å². The monoisotopic (exact) mass is 295 g/mol. The van der Waals surface area contributed by atoms with Crippen molar-refractivity contribution in [2.75, 3.05) is 0 Å². The summed E-state index contributed by atoms with van der Waals surface area (Å²) < 4.78 is 3.38. The minimum atomic E-state index is -0.0271. The van der Waals surface area contributed by atoms with Gasteiger partial charge in [0, 0.05) is 43.7 Å². The largest absolute Gasteiger partial charge is 0.318 e. The van der Waals surface area contributed by atoms with Gasteiger partial charge in [0.05, 0.1) is 5.69 Å². The summed E-state index contributed by atoms with van der Waals surface area (Å²) in [4.78, 5) is 12.0. The number of hydrogen-bond acceptors (Lipinski definition) is 2. The first-order valence-corrected chi connectivity index (χ1v) is 7.11. The van der Waals surface area contributed by atoms with E-state index in [1.807, 2.05) is 51.5 Å². The van der Waals surface area contributed by atoms with Crippen LogP contribution in [0.15, 0.2) is 54.1 Å². The molecule has 0 unspecified atom stereocenters. The van der Waals surface area contributed by atoms with Gasteiger partial charge in [0.25, 0.3) is 5.56 Å². The molecule has 2 aromatic heterocycles. The highest BCUT2D eigenvalue weighted by Gasteiger charge is 2.13. The highest BCUT2D eigenvalue weighted by molar-refractivity contribution is 5.81. The Hall–Kier alpha value is -2.62. The van der Waals surface area contributed by atoms with Gasteiger partial charge >= 0.3 is 0 Å². The van der Waals surface area contributed by atoms with Crippen LogP contribution in [0.5, 0.6) is 0 Å². The van der Waals surface area contributed by atoms with Crippen LogP contribution in [0.2, 0.25) is 0 Å². The van der Waals surface area contributed by atoms with Crippen LogP contribution in [0.3, 0.4) is 0 Å². The third kappa shape index (κ3) is 3.17. The van der Waals surface area contributed by atoms with Crippen LogP contribution in [0, 0.1) is 6.92 Å². The van der Waals surface area contributed by atoms with Crippen molar-refractivity contribution < 1.29 is 0 Å². The molecular weight excluding hydrogens is 274 g/mol. The number of rotatable bonds is 4. The summed E-state index contributed by atoms with van der Waals surface area (Å²) in [6.07, 6.45) is 11.3. The zero-order chi connectivity index (χ0) is 16.3. The molecule has 4 heteroatoms. The van der Waals surface area contributed by atoms with E-state index in [2.05, 4.69) is 11.7 Å². The standard InChI is InChI=1S/C18H21N3O/c1-6-7-8-9-13(2)15-10-18(22)20(4)11-17(15)16-12-21(5)19-14(16)3/h6-12H,1H2,2-5H3/b8-7-,13-9+. The molecule has 2 rings (SSSR count). The van der Waals surface area contributed by atoms with E-state index in [0.717, 1.165) is 28.0 Å². The lowest BCUT2D eigenvalue weighted by atomic mass is 9.97. The van der Waals surface area contributed by atoms with Gasteiger partial charge < -0.3 is 4.57 Å². The molecule has 0 spiro atoms. The van der Waals surface area contributed by atoms with Crippen molar-refractivity contribution in [3.05, 3.63) is 71.0 Å². The van der Waals surface area contributed by atoms with E-state index in [9.17, 15) is 4.79 Å². The van der Waals surface area contributed by atoms with Gasteiger partial charge in [-0.05, 0) is 25.0 Å². The van der Waals surface area contributed by atoms with Crippen molar-refractivity contribution in [3.8, 4) is 11.1 Å². The topological polar surface area (TPSA) is 39.8 Å². The van der Waals surface area contributed by atoms with Crippen LogP contribution in [-0.2, 0) is 14.1 Å². The first-order chi connectivity index (χ1) is 10.4. The zero-order valence-corrected chi connectivity index (χ0v) is 13.5. The molecule has 0 amide bonds. The Bertz CT molecular complexity index is 819. The maximum absolute atomic E-state index is 12.0. The van der Waals surface area contributed by atoms with Crippen molar-refractivity contribution in [1.29, 1.82) is 0 Å². The van der Waals surface area contributed by atoms with E-state index >= 15 is 0 Å². The number of hydrogen-bond donors (Lipinski definition) is 0. The van der Waals surface area contributed by atoms with E-state index in [4.69, 9.17) is 0 Å². The van der Waals surface area contributed by atoms with Gasteiger partial charge in [-0.25, -0.2) is 0 Å². The zero-order valence-electron chi connectivity index (χ0n) is 13.5. The second-order valence-corrected chi connectivity index (χ2v) is 5.32. The molecule has 114 valence electrons. The Morgan fingerprint density at radius 3 is 2.55 bits per heavy atom. The SMILES string of the molecule is C=C/C=C\C=C(/C)c1cc(=O)n(C)cc1-c1cn(C)nc1C. The van der Waals surface area contributed by atoms with Crippen molar-refractivity contribution >= 4 is 5.57 Å². The summed E-state index contributed by atoms with van der Waals surface area (Å²) in [7, 11) is 3.66. The van der Waals surface area contributed by atoms with E-state index in [1.54, 1.807) is 28.4 Å². The number of aromatic nitrogens is 3. The summed E-state index contributed by atoms with van der Waals surface area (Å²) in [6, 6.07) is 1.68. The van der Waals surface area contributed by atoms with Gasteiger partial charge in [-0.1, -0.05) is 30.9 Å². The molecule has 0 atom stereocenters. The Kier molecular flexibility index (Phi) is 4.61. The molecule has 0 saturated carbocycles. The number of nitrogens with zero attached hydrogens (tertiary/aromatic N) is 3. The van der Waals surface area contributed by atoms with E-state index in [0.29, 0.717) is 0 Å². The molecule has 0 N–H and O–H groups in total. The fraction of sp³-hybridized carbons (Fsp3) is 0.222. The third-order valence-corrected chi connectivity index (χ3v) is 3.55. The second-order valence-electron chi connectivity index (χ2n) is 5.32. The molecule has 0 saturated heterocycles. The highest BCUT2D eigenvalue weighted by atomic mass is 16.1. The maximum atomic E-state index is 12.0. The maximum Gasteiger partial charge on any atom is 0.250 e. The minimum absolute atomic E-state index is 0.0271. The smallest absolute Gasteiger partial charge is 0.250 e. The predicted octanol–water partition coefficient (Wildman–Crippen LogP) is 3.24. The Labute approximate surface area is 130 Å². The minimum Gasteiger partial charge on any atom is -0.318 e. The molecule has 2 aromatic rings. The van der Waals surface area contributed by atoms with Crippen molar-refractivity contribution in [2.24, 2.45) is 14.1 Å². The lowest BCUT2D eigenvalue weighted by Crippen LogP contribution is -2.16. The molecule has 0 aliphatic heterocycles. The summed E-state index contributed by atoms with van der Waals surface area (Å²) in [5, 5.41) is 4.40. The van der Waals surface area contributed by atoms with E-state index < -0.39 is 0 Å². The summed E-state index contributed by atoms with van der Waals surface area (Å²) in [6.45, 7) is 7.63. The van der Waals surface area contributed by atoms with Crippen LogP contribution in [-0.4, -0.2) is 14.3 Å². The fourth-order valence-corrected chi connectivity index (χ4v) is 2.40. The second kappa shape index (κ2) is 6.43. The first kappa shape index (κ1) is 15.8. The number of pyridine rings is 1. The van der Waals surface area contributed by atoms with Crippen LogP contribution >= 0.6 is 0 Å². The van der Waals surface area contributed by atoms with Gasteiger partial charge in [0.2, 0.25) is 0 Å². The van der Waals surface area contributed by atoms with Crippen LogP contribution in [0.4, 0.5) is 0 Å². The molecular formula is C18H21N3O. The molecule has 0 aliphatic rings. The Balaban J connectivity index is 2.68.